The quantitative estimate of drug-likeness (QED) is 0.501. The number of hydrogen-bond donors (Lipinski definition) is 2. The maximum Gasteiger partial charge on any atom is 0.323 e. The Hall–Kier alpha value is -2.78. The van der Waals surface area contributed by atoms with E-state index in [1.54, 1.807) is 0 Å². The van der Waals surface area contributed by atoms with Crippen LogP contribution >= 0.6 is 0 Å². The Morgan fingerprint density at radius 3 is 2.32 bits per heavy atom. The lowest BCUT2D eigenvalue weighted by molar-refractivity contribution is -0.253. The number of likely N-dealkylation sites (tertiary alicyclic amines) is 1. The van der Waals surface area contributed by atoms with Gasteiger partial charge in [0.2, 0.25) is 5.91 Å². The second-order valence-corrected chi connectivity index (χ2v) is 11.2. The van der Waals surface area contributed by atoms with Crippen LogP contribution in [0.3, 0.4) is 0 Å². The first-order valence-electron chi connectivity index (χ1n) is 13.4. The van der Waals surface area contributed by atoms with Crippen molar-refractivity contribution < 1.29 is 28.9 Å². The number of hydrogen-bond acceptors (Lipinski definition) is 7. The Balaban J connectivity index is 1.51. The van der Waals surface area contributed by atoms with Crippen molar-refractivity contribution in [3.8, 4) is 0 Å². The van der Waals surface area contributed by atoms with Crippen LogP contribution in [0.1, 0.15) is 81.6 Å². The molecule has 8 heteroatoms. The first-order chi connectivity index (χ1) is 18.1. The van der Waals surface area contributed by atoms with Gasteiger partial charge >= 0.3 is 5.97 Å². The lowest BCUT2D eigenvalue weighted by atomic mass is 9.99. The monoisotopic (exact) mass is 524 g/mol. The highest BCUT2D eigenvalue weighted by atomic mass is 16.7. The molecule has 0 saturated carbocycles. The zero-order chi connectivity index (χ0) is 27.3. The minimum absolute atomic E-state index is 0.00792. The molecule has 0 unspecified atom stereocenters. The Kier molecular flexibility index (Phi) is 9.20. The summed E-state index contributed by atoms with van der Waals surface area (Å²) in [5.74, 6) is -0.248. The van der Waals surface area contributed by atoms with Crippen LogP contribution < -0.4 is 5.32 Å². The van der Waals surface area contributed by atoms with Crippen LogP contribution in [0.15, 0.2) is 48.5 Å². The van der Waals surface area contributed by atoms with Gasteiger partial charge in [-0.1, -0.05) is 48.5 Å². The summed E-state index contributed by atoms with van der Waals surface area (Å²) in [4.78, 5) is 26.3. The summed E-state index contributed by atoms with van der Waals surface area (Å²) in [5, 5.41) is 12.3. The lowest BCUT2D eigenvalue weighted by Crippen LogP contribution is -2.45. The van der Waals surface area contributed by atoms with Gasteiger partial charge < -0.3 is 24.6 Å². The van der Waals surface area contributed by atoms with Gasteiger partial charge in [0.05, 0.1) is 18.8 Å². The molecule has 0 bridgehead atoms. The fourth-order valence-electron chi connectivity index (χ4n) is 5.00. The van der Waals surface area contributed by atoms with Crippen LogP contribution in [0.4, 0.5) is 0 Å². The third-order valence-corrected chi connectivity index (χ3v) is 6.89. The van der Waals surface area contributed by atoms with E-state index in [9.17, 15) is 14.7 Å². The fraction of sp³-hybridized carbons (Fsp3) is 0.533. The summed E-state index contributed by atoms with van der Waals surface area (Å²) >= 11 is 0. The van der Waals surface area contributed by atoms with Crippen molar-refractivity contribution in [3.05, 3.63) is 70.8 Å². The lowest BCUT2D eigenvalue weighted by Gasteiger charge is -2.38. The maximum absolute atomic E-state index is 12.9. The van der Waals surface area contributed by atoms with Crippen molar-refractivity contribution >= 4 is 11.9 Å². The first-order valence-corrected chi connectivity index (χ1v) is 13.4. The number of aliphatic hydroxyl groups is 1. The number of carbonyl (C=O) groups is 2. The van der Waals surface area contributed by atoms with Gasteiger partial charge in [0.1, 0.15) is 11.6 Å². The van der Waals surface area contributed by atoms with Gasteiger partial charge in [0, 0.05) is 32.0 Å². The number of carbonyl (C=O) groups excluding carboxylic acids is 2. The van der Waals surface area contributed by atoms with E-state index >= 15 is 0 Å². The molecule has 4 rings (SSSR count). The molecule has 1 amide bonds. The first kappa shape index (κ1) is 28.2. The Bertz CT molecular complexity index is 1080. The molecule has 2 fully saturated rings. The molecule has 2 aliphatic rings. The maximum atomic E-state index is 12.9. The predicted octanol–water partition coefficient (Wildman–Crippen LogP) is 4.17. The van der Waals surface area contributed by atoms with Crippen molar-refractivity contribution in [1.29, 1.82) is 0 Å². The molecule has 4 atom stereocenters. The Labute approximate surface area is 225 Å². The van der Waals surface area contributed by atoms with Crippen LogP contribution in [0.5, 0.6) is 0 Å². The molecule has 0 aromatic heterocycles. The third kappa shape index (κ3) is 7.63. The largest absolute Gasteiger partial charge is 0.459 e. The minimum Gasteiger partial charge on any atom is -0.459 e. The molecule has 2 aromatic carbocycles. The average Bonchev–Trinajstić information content (AvgIpc) is 3.35. The number of esters is 1. The molecule has 38 heavy (non-hydrogen) atoms. The fourth-order valence-corrected chi connectivity index (χ4v) is 5.00. The summed E-state index contributed by atoms with van der Waals surface area (Å²) in [6, 6.07) is 15.4. The van der Waals surface area contributed by atoms with Gasteiger partial charge in [0.25, 0.3) is 0 Å². The molecule has 206 valence electrons. The Morgan fingerprint density at radius 2 is 1.68 bits per heavy atom. The van der Waals surface area contributed by atoms with E-state index in [0.717, 1.165) is 41.6 Å². The summed E-state index contributed by atoms with van der Waals surface area (Å²) in [7, 11) is 0. The van der Waals surface area contributed by atoms with E-state index in [4.69, 9.17) is 14.2 Å². The van der Waals surface area contributed by atoms with Gasteiger partial charge in [-0.15, -0.1) is 0 Å². The molecule has 2 saturated heterocycles. The number of benzene rings is 2. The van der Waals surface area contributed by atoms with Gasteiger partial charge in [0.15, 0.2) is 6.29 Å². The molecular weight excluding hydrogens is 484 g/mol. The van der Waals surface area contributed by atoms with Gasteiger partial charge in [-0.05, 0) is 56.8 Å². The normalized spacial score (nSPS) is 24.2. The van der Waals surface area contributed by atoms with Crippen LogP contribution in [-0.2, 0) is 37.0 Å². The van der Waals surface area contributed by atoms with Crippen molar-refractivity contribution in [2.45, 2.75) is 90.2 Å². The molecule has 8 nitrogen and oxygen atoms in total. The molecular formula is C30H40N2O6. The topological polar surface area (TPSA) is 97.3 Å². The third-order valence-electron chi connectivity index (χ3n) is 6.89. The van der Waals surface area contributed by atoms with Crippen molar-refractivity contribution in [2.75, 3.05) is 13.1 Å². The van der Waals surface area contributed by atoms with Gasteiger partial charge in [-0.2, -0.15) is 0 Å². The molecule has 2 aromatic rings. The van der Waals surface area contributed by atoms with E-state index in [1.807, 2.05) is 69.3 Å². The number of ether oxygens (including phenoxy) is 3. The number of aliphatic hydroxyl groups excluding tert-OH is 1. The second kappa shape index (κ2) is 12.4. The molecule has 0 spiro atoms. The smallest absolute Gasteiger partial charge is 0.323 e. The van der Waals surface area contributed by atoms with Crippen molar-refractivity contribution in [2.24, 2.45) is 0 Å². The van der Waals surface area contributed by atoms with E-state index in [0.29, 0.717) is 19.5 Å². The Morgan fingerprint density at radius 1 is 1.03 bits per heavy atom. The molecule has 2 heterocycles. The molecule has 2 N–H and O–H groups in total. The van der Waals surface area contributed by atoms with E-state index in [1.165, 1.54) is 6.92 Å². The highest BCUT2D eigenvalue weighted by Gasteiger charge is 2.38. The standard InChI is InChI=1S/C30H40N2O6/c1-20(34)31-17-21-7-13-24(14-8-21)29-36-25(16-27(37-29)23-11-9-22(19-33)10-12-23)18-32-15-5-6-26(32)28(35)38-30(2,3)4/h7-14,25-27,29,33H,5-6,15-19H2,1-4H3,(H,31,34)/t25-,26-,27+,29+/m0/s1. The zero-order valence-corrected chi connectivity index (χ0v) is 22.8. The summed E-state index contributed by atoms with van der Waals surface area (Å²) in [5.41, 5.74) is 3.23. The summed E-state index contributed by atoms with van der Waals surface area (Å²) in [6.07, 6.45) is 1.44. The average molecular weight is 525 g/mol. The summed E-state index contributed by atoms with van der Waals surface area (Å²) < 4.78 is 18.6. The van der Waals surface area contributed by atoms with Crippen LogP contribution in [0.25, 0.3) is 0 Å². The number of nitrogens with one attached hydrogen (secondary N) is 1. The van der Waals surface area contributed by atoms with E-state index in [-0.39, 0.29) is 36.7 Å². The molecule has 2 aliphatic heterocycles. The van der Waals surface area contributed by atoms with E-state index < -0.39 is 11.9 Å². The highest BCUT2D eigenvalue weighted by molar-refractivity contribution is 5.76. The SMILES string of the molecule is CC(=O)NCc1ccc([C@@H]2O[C@H](CN3CCC[C@H]3C(=O)OC(C)(C)C)C[C@H](c3ccc(CO)cc3)O2)cc1. The second-order valence-electron chi connectivity index (χ2n) is 11.2. The zero-order valence-electron chi connectivity index (χ0n) is 22.8. The molecule has 0 aliphatic carbocycles. The van der Waals surface area contributed by atoms with Gasteiger partial charge in [-0.3, -0.25) is 14.5 Å². The highest BCUT2D eigenvalue weighted by Crippen LogP contribution is 2.39. The van der Waals surface area contributed by atoms with Crippen LogP contribution in [0, 0.1) is 0 Å². The van der Waals surface area contributed by atoms with Crippen molar-refractivity contribution in [3.63, 3.8) is 0 Å². The van der Waals surface area contributed by atoms with Crippen molar-refractivity contribution in [1.82, 2.24) is 10.2 Å². The number of amides is 1. The van der Waals surface area contributed by atoms with Crippen LogP contribution in [0.2, 0.25) is 0 Å². The summed E-state index contributed by atoms with van der Waals surface area (Å²) in [6.45, 7) is 9.06. The number of nitrogens with zero attached hydrogens (tertiary/aromatic N) is 1. The van der Waals surface area contributed by atoms with Gasteiger partial charge in [-0.25, -0.2) is 0 Å². The minimum atomic E-state index is -0.575. The van der Waals surface area contributed by atoms with Crippen LogP contribution in [-0.4, -0.2) is 52.7 Å². The predicted molar refractivity (Wildman–Crippen MR) is 143 cm³/mol. The molecule has 0 radical (unpaired) electrons. The van der Waals surface area contributed by atoms with E-state index in [2.05, 4.69) is 10.2 Å². The number of rotatable bonds is 8.